The lowest BCUT2D eigenvalue weighted by molar-refractivity contribution is -0.275. The highest BCUT2D eigenvalue weighted by Crippen LogP contribution is 2.77. The van der Waals surface area contributed by atoms with Gasteiger partial charge in [-0.2, -0.15) is 0 Å². The van der Waals surface area contributed by atoms with Crippen LogP contribution in [0.3, 0.4) is 0 Å². The smallest absolute Gasteiger partial charge is 0.338 e. The van der Waals surface area contributed by atoms with Gasteiger partial charge in [-0.1, -0.05) is 64.6 Å². The summed E-state index contributed by atoms with van der Waals surface area (Å²) >= 11 is 0. The Balaban J connectivity index is 1.49. The first-order valence-corrected chi connectivity index (χ1v) is 16.6. The zero-order valence-electron chi connectivity index (χ0n) is 27.2. The van der Waals surface area contributed by atoms with E-state index in [1.54, 1.807) is 0 Å². The third-order valence-corrected chi connectivity index (χ3v) is 14.1. The molecule has 5 heteroatoms. The van der Waals surface area contributed by atoms with Crippen LogP contribution in [0.5, 0.6) is 0 Å². The Bertz CT molecular complexity index is 1320. The van der Waals surface area contributed by atoms with Gasteiger partial charge in [0.05, 0.1) is 11.7 Å². The van der Waals surface area contributed by atoms with Crippen molar-refractivity contribution >= 4 is 11.9 Å². The molecule has 5 aliphatic rings. The van der Waals surface area contributed by atoms with Crippen molar-refractivity contribution in [2.45, 2.75) is 111 Å². The first kappa shape index (κ1) is 30.6. The monoisotopic (exact) mass is 588 g/mol. The second kappa shape index (κ2) is 10.3. The number of hydrogen-bond acceptors (Lipinski definition) is 5. The summed E-state index contributed by atoms with van der Waals surface area (Å²) in [5, 5.41) is 11.0. The molecule has 5 aliphatic carbocycles. The van der Waals surface area contributed by atoms with Crippen LogP contribution in [-0.4, -0.2) is 35.4 Å². The van der Waals surface area contributed by atoms with E-state index in [0.29, 0.717) is 23.8 Å². The fourth-order valence-electron chi connectivity index (χ4n) is 12.3. The van der Waals surface area contributed by atoms with Gasteiger partial charge < -0.3 is 14.6 Å². The quantitative estimate of drug-likeness (QED) is 0.286. The molecule has 12 unspecified atom stereocenters. The van der Waals surface area contributed by atoms with Crippen molar-refractivity contribution in [1.29, 1.82) is 0 Å². The Morgan fingerprint density at radius 2 is 1.56 bits per heavy atom. The number of rotatable bonds is 4. The third-order valence-electron chi connectivity index (χ3n) is 14.1. The summed E-state index contributed by atoms with van der Waals surface area (Å²) in [4.78, 5) is 26.3. The summed E-state index contributed by atoms with van der Waals surface area (Å²) < 4.78 is 12.9. The molecule has 1 N–H and O–H groups in total. The van der Waals surface area contributed by atoms with E-state index in [4.69, 9.17) is 9.47 Å². The lowest BCUT2D eigenvalue weighted by Crippen LogP contribution is -2.71. The van der Waals surface area contributed by atoms with E-state index >= 15 is 0 Å². The number of esters is 2. The van der Waals surface area contributed by atoms with Crippen molar-refractivity contribution in [2.24, 2.45) is 51.2 Å². The van der Waals surface area contributed by atoms with Crippen LogP contribution in [0, 0.1) is 51.2 Å². The van der Waals surface area contributed by atoms with Crippen LogP contribution in [0.1, 0.15) is 103 Å². The van der Waals surface area contributed by atoms with Crippen LogP contribution >= 0.6 is 0 Å². The number of carbonyl (C=O) groups is 2. The Morgan fingerprint density at radius 3 is 2.21 bits per heavy atom. The molecule has 0 heterocycles. The highest BCUT2D eigenvalue weighted by Gasteiger charge is 2.74. The zero-order chi connectivity index (χ0) is 31.1. The van der Waals surface area contributed by atoms with Gasteiger partial charge in [0, 0.05) is 18.8 Å². The fourth-order valence-corrected chi connectivity index (χ4v) is 12.3. The van der Waals surface area contributed by atoms with Gasteiger partial charge in [0.15, 0.2) is 0 Å². The number of benzene rings is 1. The van der Waals surface area contributed by atoms with E-state index in [1.807, 2.05) is 30.3 Å². The minimum atomic E-state index is -0.592. The predicted octanol–water partition coefficient (Wildman–Crippen LogP) is 7.93. The van der Waals surface area contributed by atoms with Crippen LogP contribution in [0.15, 0.2) is 54.6 Å². The van der Waals surface area contributed by atoms with Crippen molar-refractivity contribution < 1.29 is 24.2 Å². The number of aliphatic hydroxyl groups is 1. The molecule has 0 spiro atoms. The molecule has 0 aliphatic heterocycles. The van der Waals surface area contributed by atoms with Gasteiger partial charge >= 0.3 is 11.9 Å². The second-order valence-electron chi connectivity index (χ2n) is 16.0. The number of fused-ring (bicyclic) bond motifs is 7. The van der Waals surface area contributed by atoms with Gasteiger partial charge in [0.1, 0.15) is 12.2 Å². The van der Waals surface area contributed by atoms with Crippen LogP contribution < -0.4 is 0 Å². The molecule has 0 bridgehead atoms. The minimum Gasteiger partial charge on any atom is -0.462 e. The summed E-state index contributed by atoms with van der Waals surface area (Å²) in [5.74, 6) is 0.760. The molecule has 5 fully saturated rings. The first-order chi connectivity index (χ1) is 20.2. The molecule has 0 saturated heterocycles. The Hall–Kier alpha value is -2.40. The number of allylic oxidation sites excluding steroid dienone is 1. The second-order valence-corrected chi connectivity index (χ2v) is 16.0. The van der Waals surface area contributed by atoms with E-state index in [9.17, 15) is 14.7 Å². The molecule has 1 aromatic rings. The largest absolute Gasteiger partial charge is 0.462 e. The molecule has 5 saturated carbocycles. The van der Waals surface area contributed by atoms with Crippen LogP contribution in [0.2, 0.25) is 0 Å². The average Bonchev–Trinajstić information content (AvgIpc) is 3.29. The standard InChI is InChI=1S/C38H52O5/c1-22(2)26-14-17-35(5)27(26)15-19-37(7)33(35)29(43-34(41)25-12-10-9-11-13-25)20-31-36(6)18-16-28(40)23(3)32(36)30(42-24(4)39)21-38(31,37)8/h9-13,26-33,40H,1,3,14-21H2,2,4-8H3. The number of carbonyl (C=O) groups excluding carboxylic acids is 2. The fraction of sp³-hybridized carbons (Fsp3) is 0.684. The average molecular weight is 589 g/mol. The number of hydrogen-bond donors (Lipinski definition) is 1. The summed E-state index contributed by atoms with van der Waals surface area (Å²) in [6.07, 6.45) is 6.26. The van der Waals surface area contributed by atoms with Crippen molar-refractivity contribution in [3.63, 3.8) is 0 Å². The van der Waals surface area contributed by atoms with Gasteiger partial charge in [-0.15, -0.1) is 0 Å². The van der Waals surface area contributed by atoms with Gasteiger partial charge in [-0.3, -0.25) is 4.79 Å². The summed E-state index contributed by atoms with van der Waals surface area (Å²) in [6, 6.07) is 9.41. The van der Waals surface area contributed by atoms with Crippen LogP contribution in [0.4, 0.5) is 0 Å². The topological polar surface area (TPSA) is 72.8 Å². The maximum absolute atomic E-state index is 13.8. The highest BCUT2D eigenvalue weighted by molar-refractivity contribution is 5.89. The molecule has 1 aromatic carbocycles. The zero-order valence-corrected chi connectivity index (χ0v) is 27.2. The van der Waals surface area contributed by atoms with Gasteiger partial charge in [-0.05, 0) is 115 Å². The Labute approximate surface area is 258 Å². The normalized spacial score (nSPS) is 46.9. The Kier molecular flexibility index (Phi) is 7.35. The van der Waals surface area contributed by atoms with Crippen molar-refractivity contribution in [2.75, 3.05) is 0 Å². The van der Waals surface area contributed by atoms with E-state index in [-0.39, 0.29) is 63.6 Å². The van der Waals surface area contributed by atoms with E-state index < -0.39 is 6.10 Å². The van der Waals surface area contributed by atoms with Gasteiger partial charge in [0.2, 0.25) is 0 Å². The molecule has 43 heavy (non-hydrogen) atoms. The lowest BCUT2D eigenvalue weighted by Gasteiger charge is -2.73. The summed E-state index contributed by atoms with van der Waals surface area (Å²) in [7, 11) is 0. The van der Waals surface area contributed by atoms with Crippen LogP contribution in [-0.2, 0) is 14.3 Å². The molecule has 0 amide bonds. The SMILES string of the molecule is C=C(C)C1CCC2(C)C1CCC1(C)C2C(OC(=O)c2ccccc2)CC2C3(C)CCC(O)C(=C)C3C(OC(C)=O)CC21C. The predicted molar refractivity (Wildman–Crippen MR) is 168 cm³/mol. The Morgan fingerprint density at radius 1 is 0.884 bits per heavy atom. The first-order valence-electron chi connectivity index (χ1n) is 16.6. The lowest BCUT2D eigenvalue weighted by atomic mass is 9.32. The molecule has 6 rings (SSSR count). The van der Waals surface area contributed by atoms with Crippen molar-refractivity contribution in [1.82, 2.24) is 0 Å². The third kappa shape index (κ3) is 4.34. The molecule has 0 radical (unpaired) electrons. The van der Waals surface area contributed by atoms with Crippen LogP contribution in [0.25, 0.3) is 0 Å². The highest BCUT2D eigenvalue weighted by atomic mass is 16.5. The summed E-state index contributed by atoms with van der Waals surface area (Å²) in [6.45, 7) is 22.2. The van der Waals surface area contributed by atoms with E-state index in [2.05, 4.69) is 47.8 Å². The molecule has 5 nitrogen and oxygen atoms in total. The maximum atomic E-state index is 13.8. The van der Waals surface area contributed by atoms with Gasteiger partial charge in [-0.25, -0.2) is 4.79 Å². The molecular weight excluding hydrogens is 536 g/mol. The van der Waals surface area contributed by atoms with Crippen molar-refractivity contribution in [3.8, 4) is 0 Å². The number of ether oxygens (including phenoxy) is 2. The molecule has 234 valence electrons. The number of aliphatic hydroxyl groups excluding tert-OH is 1. The van der Waals surface area contributed by atoms with Gasteiger partial charge in [0.25, 0.3) is 0 Å². The minimum absolute atomic E-state index is 0.00721. The molecule has 0 aromatic heterocycles. The molecular formula is C38H52O5. The molecule has 12 atom stereocenters. The van der Waals surface area contributed by atoms with E-state index in [0.717, 1.165) is 50.5 Å². The summed E-state index contributed by atoms with van der Waals surface area (Å²) in [5.41, 5.74) is 2.13. The van der Waals surface area contributed by atoms with E-state index in [1.165, 1.54) is 12.5 Å². The van der Waals surface area contributed by atoms with Crippen molar-refractivity contribution in [3.05, 3.63) is 60.2 Å². The maximum Gasteiger partial charge on any atom is 0.338 e.